The van der Waals surface area contributed by atoms with Crippen molar-refractivity contribution in [1.82, 2.24) is 5.32 Å². The number of rotatable bonds is 49. The predicted octanol–water partition coefficient (Wildman–Crippen LogP) is 16.8. The van der Waals surface area contributed by atoms with Crippen molar-refractivity contribution >= 4 is 5.91 Å². The maximum absolute atomic E-state index is 12.5. The first-order chi connectivity index (χ1) is 27.7. The SMILES string of the molecule is CCCCCCCCCCCCCCCCCCCCCCCCC(=O)NC(CO)C(O)CCCCCCCCCCCCCCCCCCCCCCCC. The van der Waals surface area contributed by atoms with Gasteiger partial charge in [0.1, 0.15) is 0 Å². The smallest absolute Gasteiger partial charge is 0.220 e. The van der Waals surface area contributed by atoms with Crippen LogP contribution in [0.5, 0.6) is 0 Å². The molecule has 0 aromatic heterocycles. The Hall–Kier alpha value is -0.610. The molecule has 3 N–H and O–H groups in total. The van der Waals surface area contributed by atoms with Gasteiger partial charge >= 0.3 is 0 Å². The Bertz CT molecular complexity index is 729. The summed E-state index contributed by atoms with van der Waals surface area (Å²) >= 11 is 0. The van der Waals surface area contributed by atoms with E-state index in [2.05, 4.69) is 19.2 Å². The van der Waals surface area contributed by atoms with Crippen LogP contribution in [0.4, 0.5) is 0 Å². The van der Waals surface area contributed by atoms with Gasteiger partial charge in [-0.05, 0) is 12.8 Å². The molecule has 0 aliphatic carbocycles. The largest absolute Gasteiger partial charge is 0.394 e. The second-order valence-electron chi connectivity index (χ2n) is 18.3. The highest BCUT2D eigenvalue weighted by atomic mass is 16.3. The third-order valence-corrected chi connectivity index (χ3v) is 12.6. The van der Waals surface area contributed by atoms with Crippen LogP contribution in [0.3, 0.4) is 0 Å². The van der Waals surface area contributed by atoms with Gasteiger partial charge in [0, 0.05) is 6.42 Å². The number of hydrogen-bond acceptors (Lipinski definition) is 3. The lowest BCUT2D eigenvalue weighted by atomic mass is 10.0. The molecule has 0 saturated carbocycles. The molecule has 4 heteroatoms. The quantitative estimate of drug-likeness (QED) is 0.0538. The van der Waals surface area contributed by atoms with Crippen LogP contribution in [-0.4, -0.2) is 34.9 Å². The van der Waals surface area contributed by atoms with Crippen LogP contribution < -0.4 is 5.32 Å². The van der Waals surface area contributed by atoms with Gasteiger partial charge in [-0.1, -0.05) is 290 Å². The molecule has 56 heavy (non-hydrogen) atoms. The van der Waals surface area contributed by atoms with E-state index in [1.807, 2.05) is 0 Å². The van der Waals surface area contributed by atoms with E-state index in [1.54, 1.807) is 0 Å². The molecule has 4 nitrogen and oxygen atoms in total. The fourth-order valence-corrected chi connectivity index (χ4v) is 8.60. The molecule has 0 aliphatic rings. The summed E-state index contributed by atoms with van der Waals surface area (Å²) in [5.74, 6) is -0.0228. The van der Waals surface area contributed by atoms with Crippen molar-refractivity contribution in [2.24, 2.45) is 0 Å². The first-order valence-corrected chi connectivity index (χ1v) is 26.2. The van der Waals surface area contributed by atoms with Crippen LogP contribution in [0.25, 0.3) is 0 Å². The highest BCUT2D eigenvalue weighted by Gasteiger charge is 2.20. The Labute approximate surface area is 353 Å². The number of aliphatic hydroxyl groups is 2. The number of carbonyl (C=O) groups excluding carboxylic acids is 1. The fraction of sp³-hybridized carbons (Fsp3) is 0.981. The first kappa shape index (κ1) is 55.4. The lowest BCUT2D eigenvalue weighted by Gasteiger charge is -2.22. The molecule has 0 radical (unpaired) electrons. The van der Waals surface area contributed by atoms with Crippen molar-refractivity contribution in [2.45, 2.75) is 321 Å². The van der Waals surface area contributed by atoms with Gasteiger partial charge in [-0.25, -0.2) is 0 Å². The van der Waals surface area contributed by atoms with Crippen LogP contribution in [0, 0.1) is 0 Å². The molecule has 0 aliphatic heterocycles. The van der Waals surface area contributed by atoms with Gasteiger partial charge in [0.2, 0.25) is 5.91 Å². The summed E-state index contributed by atoms with van der Waals surface area (Å²) < 4.78 is 0. The number of hydrogen-bond donors (Lipinski definition) is 3. The highest BCUT2D eigenvalue weighted by molar-refractivity contribution is 5.76. The van der Waals surface area contributed by atoms with Crippen LogP contribution in [0.1, 0.15) is 309 Å². The molecule has 0 heterocycles. The van der Waals surface area contributed by atoms with Gasteiger partial charge in [-0.15, -0.1) is 0 Å². The standard InChI is InChI=1S/C52H105NO3/c1-3-5-7-9-11-13-15-17-19-21-23-25-27-29-31-33-35-37-39-41-43-45-47-51(55)50(49-54)53-52(56)48-46-44-42-40-38-36-34-32-30-28-26-24-22-20-18-16-14-12-10-8-6-4-2/h50-51,54-55H,3-49H2,1-2H3,(H,53,56). The molecule has 0 aromatic rings. The lowest BCUT2D eigenvalue weighted by molar-refractivity contribution is -0.123. The molecule has 0 bridgehead atoms. The fourth-order valence-electron chi connectivity index (χ4n) is 8.60. The zero-order chi connectivity index (χ0) is 40.7. The molecule has 0 spiro atoms. The van der Waals surface area contributed by atoms with Crippen LogP contribution >= 0.6 is 0 Å². The second kappa shape index (κ2) is 48.8. The summed E-state index contributed by atoms with van der Waals surface area (Å²) in [6, 6.07) is -0.530. The summed E-state index contributed by atoms with van der Waals surface area (Å²) in [6.07, 6.45) is 60.7. The Morgan fingerprint density at radius 2 is 0.571 bits per heavy atom. The van der Waals surface area contributed by atoms with E-state index >= 15 is 0 Å². The van der Waals surface area contributed by atoms with E-state index in [-0.39, 0.29) is 12.5 Å². The average Bonchev–Trinajstić information content (AvgIpc) is 3.20. The number of aliphatic hydroxyl groups excluding tert-OH is 2. The Balaban J connectivity index is 3.42. The summed E-state index contributed by atoms with van der Waals surface area (Å²) in [5, 5.41) is 23.3. The van der Waals surface area contributed by atoms with E-state index in [0.717, 1.165) is 25.7 Å². The minimum atomic E-state index is -0.654. The zero-order valence-electron chi connectivity index (χ0n) is 38.7. The minimum Gasteiger partial charge on any atom is -0.394 e. The third-order valence-electron chi connectivity index (χ3n) is 12.6. The van der Waals surface area contributed by atoms with Crippen LogP contribution in [0.15, 0.2) is 0 Å². The Morgan fingerprint density at radius 1 is 0.357 bits per heavy atom. The molecule has 0 fully saturated rings. The van der Waals surface area contributed by atoms with E-state index < -0.39 is 12.1 Å². The third kappa shape index (κ3) is 44.5. The molecular formula is C52H105NO3. The molecule has 2 atom stereocenters. The Kier molecular flexibility index (Phi) is 48.2. The molecular weight excluding hydrogens is 687 g/mol. The van der Waals surface area contributed by atoms with E-state index in [9.17, 15) is 15.0 Å². The van der Waals surface area contributed by atoms with Crippen molar-refractivity contribution in [3.05, 3.63) is 0 Å². The molecule has 0 rings (SSSR count). The van der Waals surface area contributed by atoms with Crippen molar-refractivity contribution in [3.8, 4) is 0 Å². The normalized spacial score (nSPS) is 12.7. The number of carbonyl (C=O) groups is 1. The molecule has 336 valence electrons. The van der Waals surface area contributed by atoms with Crippen LogP contribution in [-0.2, 0) is 4.79 Å². The number of amides is 1. The van der Waals surface area contributed by atoms with Gasteiger partial charge in [0.05, 0.1) is 18.8 Å². The van der Waals surface area contributed by atoms with Crippen LogP contribution in [0.2, 0.25) is 0 Å². The maximum atomic E-state index is 12.5. The van der Waals surface area contributed by atoms with E-state index in [4.69, 9.17) is 0 Å². The molecule has 1 amide bonds. The average molecular weight is 792 g/mol. The van der Waals surface area contributed by atoms with E-state index in [0.29, 0.717) is 12.8 Å². The van der Waals surface area contributed by atoms with Crippen molar-refractivity contribution < 1.29 is 15.0 Å². The highest BCUT2D eigenvalue weighted by Crippen LogP contribution is 2.18. The van der Waals surface area contributed by atoms with Crippen molar-refractivity contribution in [1.29, 1.82) is 0 Å². The van der Waals surface area contributed by atoms with Gasteiger partial charge in [-0.3, -0.25) is 4.79 Å². The molecule has 2 unspecified atom stereocenters. The monoisotopic (exact) mass is 792 g/mol. The number of nitrogens with one attached hydrogen (secondary N) is 1. The van der Waals surface area contributed by atoms with E-state index in [1.165, 1.54) is 257 Å². The zero-order valence-corrected chi connectivity index (χ0v) is 38.7. The molecule has 0 saturated heterocycles. The second-order valence-corrected chi connectivity index (χ2v) is 18.3. The number of unbranched alkanes of at least 4 members (excludes halogenated alkanes) is 42. The molecule has 0 aromatic carbocycles. The lowest BCUT2D eigenvalue weighted by Crippen LogP contribution is -2.45. The maximum Gasteiger partial charge on any atom is 0.220 e. The Morgan fingerprint density at radius 3 is 0.804 bits per heavy atom. The summed E-state index contributed by atoms with van der Waals surface area (Å²) in [5.41, 5.74) is 0. The van der Waals surface area contributed by atoms with Gasteiger partial charge in [0.15, 0.2) is 0 Å². The van der Waals surface area contributed by atoms with Gasteiger partial charge in [-0.2, -0.15) is 0 Å². The topological polar surface area (TPSA) is 69.6 Å². The van der Waals surface area contributed by atoms with Crippen molar-refractivity contribution in [3.63, 3.8) is 0 Å². The summed E-state index contributed by atoms with van der Waals surface area (Å²) in [7, 11) is 0. The predicted molar refractivity (Wildman–Crippen MR) is 249 cm³/mol. The minimum absolute atomic E-state index is 0.0228. The van der Waals surface area contributed by atoms with Gasteiger partial charge in [0.25, 0.3) is 0 Å². The van der Waals surface area contributed by atoms with Crippen molar-refractivity contribution in [2.75, 3.05) is 6.61 Å². The summed E-state index contributed by atoms with van der Waals surface area (Å²) in [4.78, 5) is 12.5. The summed E-state index contributed by atoms with van der Waals surface area (Å²) in [6.45, 7) is 4.40. The van der Waals surface area contributed by atoms with Gasteiger partial charge < -0.3 is 15.5 Å². The first-order valence-electron chi connectivity index (χ1n) is 26.2.